The van der Waals surface area contributed by atoms with Crippen molar-refractivity contribution in [3.8, 4) is 17.5 Å². The maximum absolute atomic E-state index is 8.96. The number of piperidine rings is 1. The summed E-state index contributed by atoms with van der Waals surface area (Å²) in [4.78, 5) is 14.4. The minimum atomic E-state index is 0.286. The molecule has 8 nitrogen and oxygen atoms in total. The van der Waals surface area contributed by atoms with Crippen LogP contribution in [0.25, 0.3) is 22.4 Å². The Morgan fingerprint density at radius 1 is 1.03 bits per heavy atom. The number of nitriles is 1. The van der Waals surface area contributed by atoms with E-state index in [0.29, 0.717) is 19.8 Å². The molecule has 0 aliphatic carbocycles. The van der Waals surface area contributed by atoms with E-state index in [4.69, 9.17) is 25.1 Å². The molecule has 154 valence electrons. The molecule has 2 aliphatic heterocycles. The Morgan fingerprint density at radius 3 is 2.53 bits per heavy atom. The summed E-state index contributed by atoms with van der Waals surface area (Å²) in [5.74, 6) is 1.67. The van der Waals surface area contributed by atoms with Gasteiger partial charge in [-0.2, -0.15) is 10.4 Å². The first-order valence-electron chi connectivity index (χ1n) is 10.6. The van der Waals surface area contributed by atoms with Gasteiger partial charge in [0, 0.05) is 31.7 Å². The Balaban J connectivity index is 1.56. The fraction of sp³-hybridized carbons (Fsp3) is 0.455. The summed E-state index contributed by atoms with van der Waals surface area (Å²) in [6, 6.07) is 12.7. The molecule has 2 aromatic heterocycles. The van der Waals surface area contributed by atoms with Crippen molar-refractivity contribution in [3.05, 3.63) is 36.5 Å². The summed E-state index contributed by atoms with van der Waals surface area (Å²) in [6.45, 7) is 5.36. The number of aromatic nitrogens is 4. The largest absolute Gasteiger partial charge is 0.378 e. The third kappa shape index (κ3) is 3.62. The highest BCUT2D eigenvalue weighted by Gasteiger charge is 2.26. The molecule has 0 N–H and O–H groups in total. The predicted molar refractivity (Wildman–Crippen MR) is 114 cm³/mol. The van der Waals surface area contributed by atoms with E-state index in [1.165, 1.54) is 0 Å². The van der Waals surface area contributed by atoms with E-state index in [9.17, 15) is 0 Å². The van der Waals surface area contributed by atoms with Crippen molar-refractivity contribution in [2.45, 2.75) is 18.9 Å². The maximum Gasteiger partial charge on any atom is 0.164 e. The molecule has 30 heavy (non-hydrogen) atoms. The number of nitrogens with zero attached hydrogens (tertiary/aromatic N) is 7. The zero-order chi connectivity index (χ0) is 20.3. The van der Waals surface area contributed by atoms with E-state index in [2.05, 4.69) is 20.6 Å². The third-order valence-corrected chi connectivity index (χ3v) is 5.97. The summed E-state index contributed by atoms with van der Waals surface area (Å²) in [5, 5.41) is 14.7. The van der Waals surface area contributed by atoms with Crippen molar-refractivity contribution >= 4 is 16.9 Å². The van der Waals surface area contributed by atoms with Gasteiger partial charge in [0.2, 0.25) is 0 Å². The monoisotopic (exact) mass is 403 g/mol. The van der Waals surface area contributed by atoms with E-state index in [0.717, 1.165) is 67.3 Å². The summed E-state index contributed by atoms with van der Waals surface area (Å²) in [6.07, 6.45) is 3.85. The van der Waals surface area contributed by atoms with E-state index in [1.54, 1.807) is 0 Å². The molecule has 3 aromatic rings. The maximum atomic E-state index is 8.96. The number of ether oxygens (including phenoxy) is 1. The molecule has 2 fully saturated rings. The lowest BCUT2D eigenvalue weighted by atomic mass is 10.1. The van der Waals surface area contributed by atoms with Crippen LogP contribution in [0.2, 0.25) is 0 Å². The molecular weight excluding hydrogens is 378 g/mol. The van der Waals surface area contributed by atoms with Crippen molar-refractivity contribution in [2.75, 3.05) is 50.8 Å². The summed E-state index contributed by atoms with van der Waals surface area (Å²) < 4.78 is 7.63. The van der Waals surface area contributed by atoms with E-state index < -0.39 is 0 Å². The van der Waals surface area contributed by atoms with Gasteiger partial charge in [0.25, 0.3) is 0 Å². The second-order valence-corrected chi connectivity index (χ2v) is 7.83. The van der Waals surface area contributed by atoms with Gasteiger partial charge in [0.05, 0.1) is 43.5 Å². The standard InChI is InChI=1S/C22H25N7O/c23-8-11-27-9-6-18(7-10-27)29-22-19(16-24-29)21(28-12-14-30-15-13-28)25-20(26-22)17-4-2-1-3-5-17/h1-5,16,18H,6-7,9-15H2. The molecule has 0 amide bonds. The fourth-order valence-electron chi connectivity index (χ4n) is 4.33. The van der Waals surface area contributed by atoms with Gasteiger partial charge < -0.3 is 9.64 Å². The van der Waals surface area contributed by atoms with Crippen LogP contribution in [-0.4, -0.2) is 70.6 Å². The molecule has 0 spiro atoms. The molecule has 0 bridgehead atoms. The highest BCUT2D eigenvalue weighted by Crippen LogP contribution is 2.31. The second-order valence-electron chi connectivity index (χ2n) is 7.83. The Hall–Kier alpha value is -3.02. The minimum absolute atomic E-state index is 0.286. The zero-order valence-electron chi connectivity index (χ0n) is 16.9. The molecule has 0 unspecified atom stereocenters. The Labute approximate surface area is 175 Å². The van der Waals surface area contributed by atoms with Gasteiger partial charge in [0.1, 0.15) is 5.82 Å². The quantitative estimate of drug-likeness (QED) is 0.619. The van der Waals surface area contributed by atoms with Crippen molar-refractivity contribution in [2.24, 2.45) is 0 Å². The first kappa shape index (κ1) is 19.0. The van der Waals surface area contributed by atoms with Crippen LogP contribution in [-0.2, 0) is 4.74 Å². The first-order chi connectivity index (χ1) is 14.8. The number of hydrogen-bond donors (Lipinski definition) is 0. The summed E-state index contributed by atoms with van der Waals surface area (Å²) in [7, 11) is 0. The minimum Gasteiger partial charge on any atom is -0.378 e. The van der Waals surface area contributed by atoms with Crippen LogP contribution < -0.4 is 4.90 Å². The number of anilines is 1. The van der Waals surface area contributed by atoms with Gasteiger partial charge in [-0.1, -0.05) is 30.3 Å². The average Bonchev–Trinajstić information content (AvgIpc) is 3.24. The van der Waals surface area contributed by atoms with Gasteiger partial charge in [-0.05, 0) is 12.8 Å². The van der Waals surface area contributed by atoms with Gasteiger partial charge in [-0.25, -0.2) is 14.6 Å². The molecule has 2 aliphatic rings. The summed E-state index contributed by atoms with van der Waals surface area (Å²) in [5.41, 5.74) is 1.90. The van der Waals surface area contributed by atoms with Crippen LogP contribution in [0.15, 0.2) is 36.5 Å². The highest BCUT2D eigenvalue weighted by atomic mass is 16.5. The van der Waals surface area contributed by atoms with Crippen molar-refractivity contribution < 1.29 is 4.74 Å². The lowest BCUT2D eigenvalue weighted by Crippen LogP contribution is -2.37. The van der Waals surface area contributed by atoms with Crippen LogP contribution in [0.5, 0.6) is 0 Å². The van der Waals surface area contributed by atoms with Crippen LogP contribution in [0.4, 0.5) is 5.82 Å². The average molecular weight is 403 g/mol. The number of hydrogen-bond acceptors (Lipinski definition) is 7. The second kappa shape index (κ2) is 8.38. The highest BCUT2D eigenvalue weighted by molar-refractivity contribution is 5.89. The number of likely N-dealkylation sites (tertiary alicyclic amines) is 1. The van der Waals surface area contributed by atoms with Gasteiger partial charge in [0.15, 0.2) is 11.5 Å². The lowest BCUT2D eigenvalue weighted by molar-refractivity contribution is 0.122. The Bertz CT molecular complexity index is 1040. The van der Waals surface area contributed by atoms with Crippen LogP contribution in [0, 0.1) is 11.3 Å². The van der Waals surface area contributed by atoms with E-state index in [1.807, 2.05) is 36.5 Å². The smallest absolute Gasteiger partial charge is 0.164 e. The van der Waals surface area contributed by atoms with Crippen molar-refractivity contribution in [3.63, 3.8) is 0 Å². The van der Waals surface area contributed by atoms with Gasteiger partial charge in [-0.15, -0.1) is 0 Å². The number of fused-ring (bicyclic) bond motifs is 1. The molecular formula is C22H25N7O. The number of morpholine rings is 1. The molecule has 0 saturated carbocycles. The van der Waals surface area contributed by atoms with Crippen LogP contribution >= 0.6 is 0 Å². The summed E-state index contributed by atoms with van der Waals surface area (Å²) >= 11 is 0. The first-order valence-corrected chi connectivity index (χ1v) is 10.6. The Kier molecular flexibility index (Phi) is 5.30. The van der Waals surface area contributed by atoms with Gasteiger partial charge >= 0.3 is 0 Å². The van der Waals surface area contributed by atoms with Crippen LogP contribution in [0.3, 0.4) is 0 Å². The molecule has 5 rings (SSSR count). The molecule has 8 heteroatoms. The molecule has 0 radical (unpaired) electrons. The molecule has 0 atom stereocenters. The van der Waals surface area contributed by atoms with Crippen molar-refractivity contribution in [1.82, 2.24) is 24.6 Å². The van der Waals surface area contributed by atoms with Crippen molar-refractivity contribution in [1.29, 1.82) is 5.26 Å². The normalized spacial score (nSPS) is 18.6. The molecule has 1 aromatic carbocycles. The number of benzene rings is 1. The third-order valence-electron chi connectivity index (χ3n) is 5.97. The predicted octanol–water partition coefficient (Wildman–Crippen LogP) is 2.49. The zero-order valence-corrected chi connectivity index (χ0v) is 16.9. The molecule has 4 heterocycles. The molecule has 2 saturated heterocycles. The van der Waals surface area contributed by atoms with Crippen LogP contribution in [0.1, 0.15) is 18.9 Å². The van der Waals surface area contributed by atoms with Gasteiger partial charge in [-0.3, -0.25) is 4.90 Å². The van der Waals surface area contributed by atoms with E-state index >= 15 is 0 Å². The topological polar surface area (TPSA) is 83.1 Å². The van der Waals surface area contributed by atoms with E-state index in [-0.39, 0.29) is 6.04 Å². The fourth-order valence-corrected chi connectivity index (χ4v) is 4.33. The lowest BCUT2D eigenvalue weighted by Gasteiger charge is -2.31. The SMILES string of the molecule is N#CCN1CCC(n2ncc3c(N4CCOCC4)nc(-c4ccccc4)nc32)CC1. The Morgan fingerprint density at radius 2 is 1.80 bits per heavy atom. The number of rotatable bonds is 4.